The molecule has 2 amide bonds. The smallest absolute Gasteiger partial charge is 0.243 e. The van der Waals surface area contributed by atoms with Crippen molar-refractivity contribution in [3.63, 3.8) is 0 Å². The molecule has 0 radical (unpaired) electrons. The molecule has 1 heterocycles. The zero-order chi connectivity index (χ0) is 14.7. The fraction of sp³-hybridized carbons (Fsp3) is 0.400. The molecule has 0 N–H and O–H groups in total. The summed E-state index contributed by atoms with van der Waals surface area (Å²) in [6, 6.07) is 8.88. The van der Waals surface area contributed by atoms with Gasteiger partial charge in [0.2, 0.25) is 11.8 Å². The van der Waals surface area contributed by atoms with Crippen LogP contribution in [0.3, 0.4) is 0 Å². The highest BCUT2D eigenvalue weighted by Gasteiger charge is 2.35. The van der Waals surface area contributed by atoms with Gasteiger partial charge in [0, 0.05) is 0 Å². The predicted octanol–water partition coefficient (Wildman–Crippen LogP) is 1.01. The number of carbonyl (C=O) groups excluding carboxylic acids is 3. The summed E-state index contributed by atoms with van der Waals surface area (Å²) in [6.45, 7) is 3.51. The normalized spacial score (nSPS) is 18.9. The number of amides is 2. The van der Waals surface area contributed by atoms with Crippen LogP contribution >= 0.6 is 0 Å². The standard InChI is InChI=1S/C15H18N2O3/c1-11(10-18)16-8-15(20)17(9-14(16)19)12(2)13-6-4-3-5-7-13/h3-7,10-12H,8-9H2,1-2H3/t11-,12+/m0/s1. The van der Waals surface area contributed by atoms with Gasteiger partial charge >= 0.3 is 0 Å². The predicted molar refractivity (Wildman–Crippen MR) is 73.8 cm³/mol. The van der Waals surface area contributed by atoms with Crippen LogP contribution in [0.15, 0.2) is 30.3 Å². The van der Waals surface area contributed by atoms with Gasteiger partial charge in [-0.15, -0.1) is 0 Å². The number of hydrogen-bond donors (Lipinski definition) is 0. The number of piperazine rings is 1. The molecular formula is C15H18N2O3. The minimum Gasteiger partial charge on any atom is -0.325 e. The molecule has 1 aromatic carbocycles. The molecule has 1 aliphatic heterocycles. The first-order valence-electron chi connectivity index (χ1n) is 6.63. The van der Waals surface area contributed by atoms with E-state index in [1.807, 2.05) is 37.3 Å². The Bertz CT molecular complexity index is 515. The quantitative estimate of drug-likeness (QED) is 0.770. The van der Waals surface area contributed by atoms with E-state index in [1.54, 1.807) is 11.8 Å². The molecule has 1 fully saturated rings. The zero-order valence-corrected chi connectivity index (χ0v) is 11.7. The number of benzene rings is 1. The van der Waals surface area contributed by atoms with Crippen molar-refractivity contribution in [2.45, 2.75) is 25.9 Å². The van der Waals surface area contributed by atoms with Crippen LogP contribution in [-0.4, -0.2) is 47.0 Å². The van der Waals surface area contributed by atoms with E-state index in [2.05, 4.69) is 0 Å². The van der Waals surface area contributed by atoms with Crippen LogP contribution in [0.2, 0.25) is 0 Å². The van der Waals surface area contributed by atoms with Crippen molar-refractivity contribution < 1.29 is 14.4 Å². The number of nitrogens with zero attached hydrogens (tertiary/aromatic N) is 2. The van der Waals surface area contributed by atoms with Crippen LogP contribution in [0.4, 0.5) is 0 Å². The minimum absolute atomic E-state index is 0.0209. The second-order valence-electron chi connectivity index (χ2n) is 5.01. The first-order chi connectivity index (χ1) is 9.54. The Morgan fingerprint density at radius 2 is 1.55 bits per heavy atom. The van der Waals surface area contributed by atoms with Crippen LogP contribution in [0.1, 0.15) is 25.5 Å². The van der Waals surface area contributed by atoms with Gasteiger partial charge in [-0.25, -0.2) is 0 Å². The molecule has 0 bridgehead atoms. The van der Waals surface area contributed by atoms with Crippen LogP contribution in [-0.2, 0) is 14.4 Å². The van der Waals surface area contributed by atoms with Gasteiger partial charge in [0.25, 0.3) is 0 Å². The van der Waals surface area contributed by atoms with Crippen molar-refractivity contribution in [3.05, 3.63) is 35.9 Å². The molecular weight excluding hydrogens is 256 g/mol. The Balaban J connectivity index is 2.14. The van der Waals surface area contributed by atoms with Gasteiger partial charge in [-0.2, -0.15) is 0 Å². The van der Waals surface area contributed by atoms with E-state index >= 15 is 0 Å². The molecule has 5 heteroatoms. The topological polar surface area (TPSA) is 57.7 Å². The molecule has 2 atom stereocenters. The van der Waals surface area contributed by atoms with E-state index in [9.17, 15) is 14.4 Å². The van der Waals surface area contributed by atoms with Crippen molar-refractivity contribution in [2.75, 3.05) is 13.1 Å². The molecule has 20 heavy (non-hydrogen) atoms. The molecule has 0 aliphatic carbocycles. The highest BCUT2D eigenvalue weighted by molar-refractivity contribution is 5.94. The third-order valence-corrected chi connectivity index (χ3v) is 3.69. The Hall–Kier alpha value is -2.17. The summed E-state index contributed by atoms with van der Waals surface area (Å²) in [6.07, 6.45) is 0.682. The average Bonchev–Trinajstić information content (AvgIpc) is 2.48. The second-order valence-corrected chi connectivity index (χ2v) is 5.01. The molecule has 1 saturated heterocycles. The largest absolute Gasteiger partial charge is 0.325 e. The summed E-state index contributed by atoms with van der Waals surface area (Å²) >= 11 is 0. The summed E-state index contributed by atoms with van der Waals surface area (Å²) in [5, 5.41) is 0. The second kappa shape index (κ2) is 5.86. The molecule has 1 aromatic rings. The van der Waals surface area contributed by atoms with Crippen LogP contribution < -0.4 is 0 Å². The lowest BCUT2D eigenvalue weighted by molar-refractivity contribution is -0.154. The van der Waals surface area contributed by atoms with Gasteiger partial charge in [-0.05, 0) is 19.4 Å². The molecule has 5 nitrogen and oxygen atoms in total. The van der Waals surface area contributed by atoms with Gasteiger partial charge in [0.1, 0.15) is 19.4 Å². The van der Waals surface area contributed by atoms with Crippen molar-refractivity contribution in [1.29, 1.82) is 0 Å². The summed E-state index contributed by atoms with van der Waals surface area (Å²) in [5.41, 5.74) is 0.991. The maximum atomic E-state index is 12.2. The van der Waals surface area contributed by atoms with E-state index in [-0.39, 0.29) is 30.9 Å². The van der Waals surface area contributed by atoms with E-state index in [0.29, 0.717) is 6.29 Å². The lowest BCUT2D eigenvalue weighted by Gasteiger charge is -2.38. The molecule has 106 valence electrons. The van der Waals surface area contributed by atoms with Gasteiger partial charge in [0.15, 0.2) is 0 Å². The lowest BCUT2D eigenvalue weighted by atomic mass is 10.1. The maximum Gasteiger partial charge on any atom is 0.243 e. The number of rotatable bonds is 4. The van der Waals surface area contributed by atoms with E-state index in [4.69, 9.17) is 0 Å². The van der Waals surface area contributed by atoms with E-state index < -0.39 is 6.04 Å². The number of hydrogen-bond acceptors (Lipinski definition) is 3. The Kier molecular flexibility index (Phi) is 4.17. The highest BCUT2D eigenvalue weighted by Crippen LogP contribution is 2.22. The van der Waals surface area contributed by atoms with Gasteiger partial charge in [-0.1, -0.05) is 30.3 Å². The molecule has 0 aromatic heterocycles. The Labute approximate surface area is 118 Å². The van der Waals surface area contributed by atoms with Crippen molar-refractivity contribution in [1.82, 2.24) is 9.80 Å². The third kappa shape index (κ3) is 2.71. The fourth-order valence-electron chi connectivity index (χ4n) is 2.36. The summed E-state index contributed by atoms with van der Waals surface area (Å²) in [7, 11) is 0. The van der Waals surface area contributed by atoms with Crippen molar-refractivity contribution in [3.8, 4) is 0 Å². The molecule has 1 aliphatic rings. The number of carbonyl (C=O) groups is 3. The number of aldehydes is 1. The molecule has 0 spiro atoms. The van der Waals surface area contributed by atoms with Crippen molar-refractivity contribution >= 4 is 18.1 Å². The zero-order valence-electron chi connectivity index (χ0n) is 11.7. The maximum absolute atomic E-state index is 12.2. The molecule has 0 saturated carbocycles. The van der Waals surface area contributed by atoms with E-state index in [0.717, 1.165) is 5.56 Å². The lowest BCUT2D eigenvalue weighted by Crippen LogP contribution is -2.57. The molecule has 2 rings (SSSR count). The fourth-order valence-corrected chi connectivity index (χ4v) is 2.36. The minimum atomic E-state index is -0.555. The average molecular weight is 274 g/mol. The van der Waals surface area contributed by atoms with Gasteiger partial charge in [-0.3, -0.25) is 9.59 Å². The third-order valence-electron chi connectivity index (χ3n) is 3.69. The Morgan fingerprint density at radius 3 is 2.15 bits per heavy atom. The first kappa shape index (κ1) is 14.2. The van der Waals surface area contributed by atoms with E-state index in [1.165, 1.54) is 4.90 Å². The summed E-state index contributed by atoms with van der Waals surface area (Å²) < 4.78 is 0. The monoisotopic (exact) mass is 274 g/mol. The SMILES string of the molecule is C[C@H](c1ccccc1)N1CC(=O)N([C@@H](C)C=O)CC1=O. The van der Waals surface area contributed by atoms with Crippen molar-refractivity contribution in [2.24, 2.45) is 0 Å². The Morgan fingerprint density at radius 1 is 1.00 bits per heavy atom. The van der Waals surface area contributed by atoms with Crippen LogP contribution in [0.25, 0.3) is 0 Å². The summed E-state index contributed by atoms with van der Waals surface area (Å²) in [5.74, 6) is -0.318. The molecule has 0 unspecified atom stereocenters. The van der Waals surface area contributed by atoms with Crippen LogP contribution in [0.5, 0.6) is 0 Å². The first-order valence-corrected chi connectivity index (χ1v) is 6.63. The summed E-state index contributed by atoms with van der Waals surface area (Å²) in [4.78, 5) is 37.9. The van der Waals surface area contributed by atoms with Gasteiger partial charge in [0.05, 0.1) is 12.1 Å². The highest BCUT2D eigenvalue weighted by atomic mass is 16.2. The van der Waals surface area contributed by atoms with Gasteiger partial charge < -0.3 is 14.6 Å². The van der Waals surface area contributed by atoms with Crippen LogP contribution in [0, 0.1) is 0 Å².